The van der Waals surface area contributed by atoms with Gasteiger partial charge in [0.2, 0.25) is 0 Å². The number of nitrogens with zero attached hydrogens (tertiary/aromatic N) is 1. The van der Waals surface area contributed by atoms with E-state index in [1.165, 1.54) is 0 Å². The van der Waals surface area contributed by atoms with Crippen LogP contribution in [0.2, 0.25) is 0 Å². The van der Waals surface area contributed by atoms with Gasteiger partial charge in [0.25, 0.3) is 11.8 Å². The summed E-state index contributed by atoms with van der Waals surface area (Å²) in [6, 6.07) is 15.4. The highest BCUT2D eigenvalue weighted by Gasteiger charge is 2.26. The number of amides is 2. The van der Waals surface area contributed by atoms with Crippen molar-refractivity contribution in [2.24, 2.45) is 5.92 Å². The van der Waals surface area contributed by atoms with E-state index >= 15 is 0 Å². The number of ether oxygens (including phenoxy) is 1. The smallest absolute Gasteiger partial charge is 0.253 e. The molecule has 2 fully saturated rings. The fraction of sp³-hybridized carbons (Fsp3) is 0.417. The van der Waals surface area contributed by atoms with Crippen LogP contribution in [0.4, 0.5) is 0 Å². The molecule has 1 saturated heterocycles. The Kier molecular flexibility index (Phi) is 5.84. The van der Waals surface area contributed by atoms with Crippen molar-refractivity contribution in [1.82, 2.24) is 10.2 Å². The molecule has 0 radical (unpaired) electrons. The second-order valence-electron chi connectivity index (χ2n) is 8.21. The van der Waals surface area contributed by atoms with Crippen LogP contribution in [-0.2, 0) is 0 Å². The van der Waals surface area contributed by atoms with Crippen molar-refractivity contribution < 1.29 is 14.3 Å². The summed E-state index contributed by atoms with van der Waals surface area (Å²) in [5.74, 6) is 1.05. The van der Waals surface area contributed by atoms with Gasteiger partial charge in [0.1, 0.15) is 5.75 Å². The first-order chi connectivity index (χ1) is 14.1. The topological polar surface area (TPSA) is 58.6 Å². The van der Waals surface area contributed by atoms with Crippen molar-refractivity contribution in [3.63, 3.8) is 0 Å². The number of aryl methyl sites for hydroxylation is 1. The maximum Gasteiger partial charge on any atom is 0.253 e. The first-order valence-corrected chi connectivity index (χ1v) is 10.5. The monoisotopic (exact) mass is 392 g/mol. The normalized spacial score (nSPS) is 18.9. The molecular formula is C24H28N2O3. The lowest BCUT2D eigenvalue weighted by molar-refractivity contribution is 0.0633. The number of benzene rings is 2. The molecule has 2 aromatic carbocycles. The first kappa shape index (κ1) is 19.5. The summed E-state index contributed by atoms with van der Waals surface area (Å²) in [7, 11) is 0. The van der Waals surface area contributed by atoms with Gasteiger partial charge < -0.3 is 15.0 Å². The van der Waals surface area contributed by atoms with Crippen molar-refractivity contribution in [2.75, 3.05) is 19.7 Å². The van der Waals surface area contributed by atoms with E-state index in [9.17, 15) is 9.59 Å². The van der Waals surface area contributed by atoms with Crippen LogP contribution in [-0.4, -0.2) is 42.5 Å². The number of hydrogen-bond donors (Lipinski definition) is 1. The van der Waals surface area contributed by atoms with Crippen LogP contribution in [0, 0.1) is 12.8 Å². The van der Waals surface area contributed by atoms with Crippen molar-refractivity contribution in [3.05, 3.63) is 65.2 Å². The number of carbonyl (C=O) groups is 2. The van der Waals surface area contributed by atoms with E-state index in [-0.39, 0.29) is 11.8 Å². The number of hydrogen-bond acceptors (Lipinski definition) is 3. The maximum atomic E-state index is 12.8. The molecule has 1 unspecified atom stereocenters. The van der Waals surface area contributed by atoms with Crippen molar-refractivity contribution >= 4 is 11.8 Å². The molecule has 29 heavy (non-hydrogen) atoms. The number of nitrogens with one attached hydrogen (secondary N) is 1. The molecule has 0 aromatic heterocycles. The minimum atomic E-state index is -0.0366. The summed E-state index contributed by atoms with van der Waals surface area (Å²) in [6.45, 7) is 4.06. The highest BCUT2D eigenvalue weighted by atomic mass is 16.5. The van der Waals surface area contributed by atoms with Crippen LogP contribution < -0.4 is 10.1 Å². The molecule has 1 aliphatic heterocycles. The van der Waals surface area contributed by atoms with Gasteiger partial charge in [0.15, 0.2) is 0 Å². The van der Waals surface area contributed by atoms with Gasteiger partial charge in [0.05, 0.1) is 6.61 Å². The number of carbonyl (C=O) groups excluding carboxylic acids is 2. The molecule has 2 aliphatic rings. The second-order valence-corrected chi connectivity index (χ2v) is 8.21. The average Bonchev–Trinajstić information content (AvgIpc) is 3.57. The van der Waals surface area contributed by atoms with Crippen molar-refractivity contribution in [1.29, 1.82) is 0 Å². The zero-order valence-electron chi connectivity index (χ0n) is 16.9. The predicted octanol–water partition coefficient (Wildman–Crippen LogP) is 3.82. The molecule has 4 rings (SSSR count). The Bertz CT molecular complexity index is 874. The Balaban J connectivity index is 1.32. The summed E-state index contributed by atoms with van der Waals surface area (Å²) < 4.78 is 5.99. The van der Waals surface area contributed by atoms with Crippen molar-refractivity contribution in [2.45, 2.75) is 38.6 Å². The maximum absolute atomic E-state index is 12.8. The molecule has 1 N–H and O–H groups in total. The lowest BCUT2D eigenvalue weighted by Gasteiger charge is -2.32. The summed E-state index contributed by atoms with van der Waals surface area (Å²) in [5.41, 5.74) is 2.53. The fourth-order valence-electron chi connectivity index (χ4n) is 3.70. The Morgan fingerprint density at radius 2 is 1.86 bits per heavy atom. The fourth-order valence-corrected chi connectivity index (χ4v) is 3.70. The minimum Gasteiger partial charge on any atom is -0.493 e. The molecule has 1 atom stereocenters. The van der Waals surface area contributed by atoms with Crippen LogP contribution in [0.25, 0.3) is 0 Å². The quantitative estimate of drug-likeness (QED) is 0.813. The van der Waals surface area contributed by atoms with E-state index in [0.717, 1.165) is 43.4 Å². The van der Waals surface area contributed by atoms with E-state index < -0.39 is 0 Å². The Hall–Kier alpha value is -2.82. The van der Waals surface area contributed by atoms with E-state index in [1.54, 1.807) is 6.07 Å². The minimum absolute atomic E-state index is 0.0366. The number of piperidine rings is 1. The molecule has 2 amide bonds. The Morgan fingerprint density at radius 3 is 2.62 bits per heavy atom. The number of rotatable bonds is 6. The molecule has 2 aromatic rings. The van der Waals surface area contributed by atoms with E-state index in [0.29, 0.717) is 36.4 Å². The van der Waals surface area contributed by atoms with Crippen LogP contribution >= 0.6 is 0 Å². The van der Waals surface area contributed by atoms with Gasteiger partial charge >= 0.3 is 0 Å². The zero-order valence-corrected chi connectivity index (χ0v) is 16.9. The molecule has 1 aliphatic carbocycles. The van der Waals surface area contributed by atoms with Gasteiger partial charge in [-0.25, -0.2) is 0 Å². The lowest BCUT2D eigenvalue weighted by Crippen LogP contribution is -2.41. The standard InChI is InChI=1S/C24H28N2O3/c1-17-7-9-19(10-8-17)24(28)26-13-3-4-18(15-26)16-29-22-6-2-5-20(14-22)23(27)25-21-11-12-21/h2,5-10,14,18,21H,3-4,11-13,15-16H2,1H3,(H,25,27). The molecule has 0 bridgehead atoms. The van der Waals surface area contributed by atoms with Gasteiger partial charge in [-0.3, -0.25) is 9.59 Å². The molecule has 0 spiro atoms. The van der Waals surface area contributed by atoms with Gasteiger partial charge in [-0.15, -0.1) is 0 Å². The van der Waals surface area contributed by atoms with E-state index in [1.807, 2.05) is 54.3 Å². The third-order valence-electron chi connectivity index (χ3n) is 5.60. The van der Waals surface area contributed by atoms with Crippen LogP contribution in [0.15, 0.2) is 48.5 Å². The zero-order chi connectivity index (χ0) is 20.2. The summed E-state index contributed by atoms with van der Waals surface area (Å²) in [5, 5.41) is 3.00. The average molecular weight is 392 g/mol. The lowest BCUT2D eigenvalue weighted by atomic mass is 9.98. The first-order valence-electron chi connectivity index (χ1n) is 10.5. The molecule has 152 valence electrons. The van der Waals surface area contributed by atoms with Gasteiger partial charge in [-0.1, -0.05) is 23.8 Å². The summed E-state index contributed by atoms with van der Waals surface area (Å²) in [6.07, 6.45) is 4.16. The third kappa shape index (κ3) is 5.17. The van der Waals surface area contributed by atoms with Crippen molar-refractivity contribution in [3.8, 4) is 5.75 Å². The Labute approximate surface area is 172 Å². The highest BCUT2D eigenvalue weighted by Crippen LogP contribution is 2.23. The second kappa shape index (κ2) is 8.68. The van der Waals surface area contributed by atoms with Gasteiger partial charge in [0, 0.05) is 36.2 Å². The highest BCUT2D eigenvalue weighted by molar-refractivity contribution is 5.95. The van der Waals surface area contributed by atoms with Gasteiger partial charge in [-0.2, -0.15) is 0 Å². The SMILES string of the molecule is Cc1ccc(C(=O)N2CCCC(COc3cccc(C(=O)NC4CC4)c3)C2)cc1. The molecular weight excluding hydrogens is 364 g/mol. The molecule has 5 nitrogen and oxygen atoms in total. The summed E-state index contributed by atoms with van der Waals surface area (Å²) in [4.78, 5) is 26.9. The predicted molar refractivity (Wildman–Crippen MR) is 112 cm³/mol. The van der Waals surface area contributed by atoms with Gasteiger partial charge in [-0.05, 0) is 62.9 Å². The Morgan fingerprint density at radius 1 is 1.07 bits per heavy atom. The van der Waals surface area contributed by atoms with E-state index in [2.05, 4.69) is 5.32 Å². The summed E-state index contributed by atoms with van der Waals surface area (Å²) >= 11 is 0. The number of likely N-dealkylation sites (tertiary alicyclic amines) is 1. The van der Waals surface area contributed by atoms with Crippen LogP contribution in [0.5, 0.6) is 5.75 Å². The molecule has 1 saturated carbocycles. The van der Waals surface area contributed by atoms with Crippen LogP contribution in [0.3, 0.4) is 0 Å². The van der Waals surface area contributed by atoms with Crippen LogP contribution in [0.1, 0.15) is 52.0 Å². The molecule has 1 heterocycles. The molecule has 5 heteroatoms. The third-order valence-corrected chi connectivity index (χ3v) is 5.60. The van der Waals surface area contributed by atoms with E-state index in [4.69, 9.17) is 4.74 Å². The largest absolute Gasteiger partial charge is 0.493 e.